The molecule has 208 valence electrons. The first-order valence-corrected chi connectivity index (χ1v) is 12.6. The second kappa shape index (κ2) is 11.8. The molecule has 9 nitrogen and oxygen atoms in total. The molecule has 4 heterocycles. The smallest absolute Gasteiger partial charge is 0.378 e. The lowest BCUT2D eigenvalue weighted by molar-refractivity contribution is -0.137. The molecule has 1 aromatic carbocycles. The van der Waals surface area contributed by atoms with Gasteiger partial charge in [0.2, 0.25) is 5.95 Å². The molecule has 2 aromatic heterocycles. The van der Waals surface area contributed by atoms with Crippen molar-refractivity contribution >= 4 is 35.1 Å². The van der Waals surface area contributed by atoms with Gasteiger partial charge in [-0.25, -0.2) is 14.8 Å². The third-order valence-electron chi connectivity index (χ3n) is 6.27. The van der Waals surface area contributed by atoms with Crippen LogP contribution in [0.5, 0.6) is 0 Å². The van der Waals surface area contributed by atoms with Crippen molar-refractivity contribution in [1.82, 2.24) is 15.0 Å². The summed E-state index contributed by atoms with van der Waals surface area (Å²) in [6.07, 6.45) is 3.59. The first kappa shape index (κ1) is 27.2. The maximum absolute atomic E-state index is 14.2. The number of nitrogens with zero attached hydrogens (tertiary/aromatic N) is 6. The highest BCUT2D eigenvalue weighted by atomic mass is 19.4. The van der Waals surface area contributed by atoms with Gasteiger partial charge in [-0.3, -0.25) is 9.98 Å². The van der Waals surface area contributed by atoms with Gasteiger partial charge in [0.25, 0.3) is 0 Å². The van der Waals surface area contributed by atoms with Gasteiger partial charge >= 0.3 is 6.18 Å². The first-order valence-electron chi connectivity index (χ1n) is 12.6. The number of morpholine rings is 1. The van der Waals surface area contributed by atoms with Crippen LogP contribution in [0, 0.1) is 5.82 Å². The van der Waals surface area contributed by atoms with Crippen molar-refractivity contribution in [3.63, 3.8) is 0 Å². The average molecular weight is 555 g/mol. The molecule has 3 aromatic rings. The Morgan fingerprint density at radius 3 is 2.60 bits per heavy atom. The lowest BCUT2D eigenvalue weighted by atomic mass is 10.0. The summed E-state index contributed by atoms with van der Waals surface area (Å²) in [5.74, 6) is -0.248. The molecular weight excluding hydrogens is 528 g/mol. The van der Waals surface area contributed by atoms with Crippen LogP contribution in [0.15, 0.2) is 65.0 Å². The number of alkyl halides is 3. The van der Waals surface area contributed by atoms with Crippen LogP contribution in [0.25, 0.3) is 0 Å². The van der Waals surface area contributed by atoms with E-state index >= 15 is 0 Å². The van der Waals surface area contributed by atoms with Crippen molar-refractivity contribution < 1.29 is 22.3 Å². The predicted octanol–water partition coefficient (Wildman–Crippen LogP) is 5.19. The molecule has 0 radical (unpaired) electrons. The highest BCUT2D eigenvalue weighted by Gasteiger charge is 2.35. The minimum Gasteiger partial charge on any atom is -0.378 e. The minimum absolute atomic E-state index is 0.0460. The summed E-state index contributed by atoms with van der Waals surface area (Å²) in [7, 11) is 0. The average Bonchev–Trinajstić information content (AvgIpc) is 3.44. The molecule has 0 amide bonds. The van der Waals surface area contributed by atoms with E-state index in [2.05, 4.69) is 35.8 Å². The van der Waals surface area contributed by atoms with Gasteiger partial charge in [-0.15, -0.1) is 0 Å². The Labute approximate surface area is 227 Å². The Morgan fingerprint density at radius 1 is 1.10 bits per heavy atom. The molecule has 1 atom stereocenters. The normalized spacial score (nSPS) is 17.4. The molecule has 2 aliphatic rings. The number of hydrogen-bond donors (Lipinski definition) is 2. The van der Waals surface area contributed by atoms with Crippen LogP contribution < -0.4 is 15.6 Å². The van der Waals surface area contributed by atoms with Gasteiger partial charge < -0.3 is 15.0 Å². The number of pyridine rings is 1. The number of benzene rings is 1. The molecule has 5 rings (SSSR count). The maximum Gasteiger partial charge on any atom is 0.417 e. The lowest BCUT2D eigenvalue weighted by Gasteiger charge is -2.27. The van der Waals surface area contributed by atoms with E-state index in [4.69, 9.17) is 4.74 Å². The molecule has 1 fully saturated rings. The van der Waals surface area contributed by atoms with E-state index in [0.717, 1.165) is 18.7 Å². The highest BCUT2D eigenvalue weighted by Crippen LogP contribution is 2.35. The fraction of sp³-hybridized carbons (Fsp3) is 0.296. The SMILES string of the molecule is CCC1C=CC(c2ccc(Nc3ccc(/C=N/Nc4ncc(F)c(N5CCOCC5)n4)nc3)cc2C(F)(F)F)=N1. The third-order valence-corrected chi connectivity index (χ3v) is 6.27. The van der Waals surface area contributed by atoms with E-state index in [1.807, 2.05) is 13.0 Å². The Morgan fingerprint density at radius 2 is 1.90 bits per heavy atom. The van der Waals surface area contributed by atoms with Crippen molar-refractivity contribution in [3.05, 3.63) is 77.5 Å². The van der Waals surface area contributed by atoms with Crippen LogP contribution in [-0.4, -0.2) is 59.2 Å². The number of anilines is 4. The van der Waals surface area contributed by atoms with E-state index in [1.54, 1.807) is 29.2 Å². The second-order valence-electron chi connectivity index (χ2n) is 9.04. The quantitative estimate of drug-likeness (QED) is 0.225. The number of nitrogens with one attached hydrogen (secondary N) is 2. The van der Waals surface area contributed by atoms with Gasteiger partial charge in [-0.2, -0.15) is 23.3 Å². The standard InChI is InChI=1S/C27H26F4N8O/c1-2-17-6-8-24(36-17)21-7-5-18(13-22(21)27(29,30)31)35-20-4-3-19(32-14-20)15-34-38-26-33-16-23(28)25(37-26)39-9-11-40-12-10-39/h3-8,13-17,35H,2,9-12H2,1H3,(H,33,37,38)/b34-15+. The van der Waals surface area contributed by atoms with Crippen molar-refractivity contribution in [3.8, 4) is 0 Å². The molecule has 0 aliphatic carbocycles. The van der Waals surface area contributed by atoms with Crippen molar-refractivity contribution in [2.45, 2.75) is 25.6 Å². The molecule has 40 heavy (non-hydrogen) atoms. The van der Waals surface area contributed by atoms with E-state index in [0.29, 0.717) is 43.4 Å². The van der Waals surface area contributed by atoms with Crippen LogP contribution in [0.2, 0.25) is 0 Å². The van der Waals surface area contributed by atoms with Crippen LogP contribution in [0.3, 0.4) is 0 Å². The summed E-state index contributed by atoms with van der Waals surface area (Å²) < 4.78 is 61.0. The molecule has 2 N–H and O–H groups in total. The molecule has 2 aliphatic heterocycles. The zero-order valence-corrected chi connectivity index (χ0v) is 21.5. The van der Waals surface area contributed by atoms with E-state index in [-0.39, 0.29) is 29.1 Å². The number of ether oxygens (including phenoxy) is 1. The Bertz CT molecular complexity index is 1430. The van der Waals surface area contributed by atoms with Crippen LogP contribution >= 0.6 is 0 Å². The van der Waals surface area contributed by atoms with Crippen molar-refractivity contribution in [2.24, 2.45) is 10.1 Å². The molecular formula is C27H26F4N8O. The summed E-state index contributed by atoms with van der Waals surface area (Å²) in [5.41, 5.74) is 3.49. The molecule has 13 heteroatoms. The van der Waals surface area contributed by atoms with Gasteiger partial charge in [0, 0.05) is 24.3 Å². The fourth-order valence-electron chi connectivity index (χ4n) is 4.22. The molecule has 0 spiro atoms. The number of aliphatic imine (C=N–C) groups is 1. The van der Waals surface area contributed by atoms with Gasteiger partial charge in [0.15, 0.2) is 11.6 Å². The topological polar surface area (TPSA) is 99.9 Å². The van der Waals surface area contributed by atoms with E-state index in [9.17, 15) is 17.6 Å². The van der Waals surface area contributed by atoms with Gasteiger partial charge in [-0.1, -0.05) is 19.1 Å². The summed E-state index contributed by atoms with van der Waals surface area (Å²) in [6, 6.07) is 7.27. The van der Waals surface area contributed by atoms with Crippen LogP contribution in [-0.2, 0) is 10.9 Å². The second-order valence-corrected chi connectivity index (χ2v) is 9.04. The Kier molecular flexibility index (Phi) is 8.01. The number of hydrazone groups is 1. The summed E-state index contributed by atoms with van der Waals surface area (Å²) in [4.78, 5) is 18.5. The molecule has 0 saturated carbocycles. The largest absolute Gasteiger partial charge is 0.417 e. The minimum atomic E-state index is -4.55. The lowest BCUT2D eigenvalue weighted by Crippen LogP contribution is -2.37. The molecule has 1 unspecified atom stereocenters. The Hall–Kier alpha value is -4.39. The van der Waals surface area contributed by atoms with Gasteiger partial charge in [0.05, 0.1) is 60.5 Å². The number of rotatable bonds is 8. The monoisotopic (exact) mass is 554 g/mol. The number of hydrogen-bond acceptors (Lipinski definition) is 9. The molecule has 0 bridgehead atoms. The summed E-state index contributed by atoms with van der Waals surface area (Å²) >= 11 is 0. The highest BCUT2D eigenvalue weighted by molar-refractivity contribution is 6.11. The zero-order valence-electron chi connectivity index (χ0n) is 21.5. The van der Waals surface area contributed by atoms with Crippen molar-refractivity contribution in [1.29, 1.82) is 0 Å². The fourth-order valence-corrected chi connectivity index (χ4v) is 4.22. The van der Waals surface area contributed by atoms with E-state index < -0.39 is 17.6 Å². The van der Waals surface area contributed by atoms with E-state index in [1.165, 1.54) is 18.5 Å². The van der Waals surface area contributed by atoms with Gasteiger partial charge in [0.1, 0.15) is 0 Å². The predicted molar refractivity (Wildman–Crippen MR) is 145 cm³/mol. The summed E-state index contributed by atoms with van der Waals surface area (Å²) in [5, 5.41) is 7.00. The van der Waals surface area contributed by atoms with Crippen LogP contribution in [0.4, 0.5) is 40.7 Å². The molecule has 1 saturated heterocycles. The Balaban J connectivity index is 1.24. The van der Waals surface area contributed by atoms with Crippen molar-refractivity contribution in [2.75, 3.05) is 41.9 Å². The first-order chi connectivity index (χ1) is 19.3. The maximum atomic E-state index is 14.2. The third kappa shape index (κ3) is 6.42. The number of allylic oxidation sites excluding steroid dienone is 1. The van der Waals surface area contributed by atoms with Crippen LogP contribution in [0.1, 0.15) is 30.2 Å². The number of halogens is 4. The summed E-state index contributed by atoms with van der Waals surface area (Å²) in [6.45, 7) is 3.96. The van der Waals surface area contributed by atoms with Gasteiger partial charge in [-0.05, 0) is 36.8 Å². The zero-order chi connectivity index (χ0) is 28.1. The number of aromatic nitrogens is 3.